The van der Waals surface area contributed by atoms with Crippen molar-refractivity contribution in [3.8, 4) is 0 Å². The molecule has 0 aliphatic carbocycles. The van der Waals surface area contributed by atoms with E-state index in [1.54, 1.807) is 0 Å². The van der Waals surface area contributed by atoms with Crippen LogP contribution < -0.4 is 5.32 Å². The number of nitrogens with zero attached hydrogens (tertiary/aromatic N) is 1. The lowest BCUT2D eigenvalue weighted by Crippen LogP contribution is -2.45. The molecular weight excluding hydrogens is 312 g/mol. The van der Waals surface area contributed by atoms with Crippen LogP contribution in [0.25, 0.3) is 0 Å². The maximum absolute atomic E-state index is 12.5. The molecule has 1 fully saturated rings. The molecule has 25 heavy (non-hydrogen) atoms. The fourth-order valence-corrected chi connectivity index (χ4v) is 4.09. The zero-order valence-corrected chi connectivity index (χ0v) is 14.8. The highest BCUT2D eigenvalue weighted by Crippen LogP contribution is 2.42. The highest BCUT2D eigenvalue weighted by Gasteiger charge is 2.39. The largest absolute Gasteiger partial charge is 0.445 e. The summed E-state index contributed by atoms with van der Waals surface area (Å²) in [6, 6.07) is 14.7. The molecule has 4 heteroatoms. The van der Waals surface area contributed by atoms with Crippen LogP contribution in [0, 0.1) is 13.8 Å². The van der Waals surface area contributed by atoms with Gasteiger partial charge in [0.05, 0.1) is 0 Å². The highest BCUT2D eigenvalue weighted by molar-refractivity contribution is 5.70. The second-order valence-electron chi connectivity index (χ2n) is 7.18. The Labute approximate surface area is 148 Å². The van der Waals surface area contributed by atoms with Crippen molar-refractivity contribution in [2.24, 2.45) is 0 Å². The van der Waals surface area contributed by atoms with Crippen LogP contribution in [0.4, 0.5) is 10.5 Å². The number of aryl methyl sites for hydroxylation is 2. The zero-order chi connectivity index (χ0) is 17.4. The summed E-state index contributed by atoms with van der Waals surface area (Å²) >= 11 is 0. The number of nitrogens with one attached hydrogen (secondary N) is 1. The fraction of sp³-hybridized carbons (Fsp3) is 0.381. The third-order valence-electron chi connectivity index (χ3n) is 5.32. The lowest BCUT2D eigenvalue weighted by atomic mass is 9.88. The minimum atomic E-state index is -0.208. The van der Waals surface area contributed by atoms with E-state index in [1.165, 1.54) is 22.4 Å². The van der Waals surface area contributed by atoms with Gasteiger partial charge >= 0.3 is 6.09 Å². The fourth-order valence-electron chi connectivity index (χ4n) is 4.09. The van der Waals surface area contributed by atoms with Crippen LogP contribution in [0.5, 0.6) is 0 Å². The molecule has 4 nitrogen and oxygen atoms in total. The number of likely N-dealkylation sites (tertiary alicyclic amines) is 1. The van der Waals surface area contributed by atoms with Gasteiger partial charge < -0.3 is 15.0 Å². The van der Waals surface area contributed by atoms with E-state index in [1.807, 2.05) is 35.2 Å². The molecule has 1 saturated heterocycles. The number of fused-ring (bicyclic) bond motifs is 3. The van der Waals surface area contributed by atoms with Gasteiger partial charge in [0.15, 0.2) is 0 Å². The molecule has 2 aromatic carbocycles. The predicted molar refractivity (Wildman–Crippen MR) is 98.9 cm³/mol. The number of carbonyl (C=O) groups is 1. The molecular formula is C21H24N2O2. The normalized spacial score (nSPS) is 21.3. The van der Waals surface area contributed by atoms with Crippen molar-refractivity contribution in [1.82, 2.24) is 4.90 Å². The van der Waals surface area contributed by atoms with Crippen LogP contribution >= 0.6 is 0 Å². The van der Waals surface area contributed by atoms with Crippen LogP contribution in [0.15, 0.2) is 42.5 Å². The van der Waals surface area contributed by atoms with E-state index >= 15 is 0 Å². The highest BCUT2D eigenvalue weighted by atomic mass is 16.6. The molecule has 0 saturated carbocycles. The summed E-state index contributed by atoms with van der Waals surface area (Å²) in [5, 5.41) is 3.67. The topological polar surface area (TPSA) is 41.6 Å². The van der Waals surface area contributed by atoms with Crippen LogP contribution in [0.1, 0.15) is 34.6 Å². The zero-order valence-electron chi connectivity index (χ0n) is 14.8. The number of amides is 1. The monoisotopic (exact) mass is 336 g/mol. The van der Waals surface area contributed by atoms with Crippen LogP contribution in [-0.4, -0.2) is 30.1 Å². The van der Waals surface area contributed by atoms with E-state index in [4.69, 9.17) is 4.74 Å². The van der Waals surface area contributed by atoms with Crippen molar-refractivity contribution >= 4 is 11.8 Å². The summed E-state index contributed by atoms with van der Waals surface area (Å²) in [7, 11) is 0. The lowest BCUT2D eigenvalue weighted by Gasteiger charge is -2.34. The Balaban J connectivity index is 1.45. The predicted octanol–water partition coefficient (Wildman–Crippen LogP) is 4.22. The summed E-state index contributed by atoms with van der Waals surface area (Å²) in [4.78, 5) is 14.3. The molecule has 130 valence electrons. The number of ether oxygens (including phenoxy) is 1. The Morgan fingerprint density at radius 2 is 2.04 bits per heavy atom. The van der Waals surface area contributed by atoms with Crippen LogP contribution in [0.3, 0.4) is 0 Å². The van der Waals surface area contributed by atoms with Gasteiger partial charge in [-0.3, -0.25) is 0 Å². The third kappa shape index (κ3) is 3.09. The first kappa shape index (κ1) is 16.0. The van der Waals surface area contributed by atoms with Gasteiger partial charge in [0, 0.05) is 30.7 Å². The number of hydrogen-bond acceptors (Lipinski definition) is 3. The van der Waals surface area contributed by atoms with E-state index in [2.05, 4.69) is 31.3 Å². The molecule has 0 aromatic heterocycles. The maximum Gasteiger partial charge on any atom is 0.410 e. The molecule has 0 spiro atoms. The molecule has 2 heterocycles. The SMILES string of the molecule is Cc1cc(C)c2c(c1)[C@@H]1CN(C(=O)OCc3ccccc3)CC[C@@H]1N2. The molecule has 0 radical (unpaired) electrons. The summed E-state index contributed by atoms with van der Waals surface area (Å²) in [6.07, 6.45) is 0.748. The molecule has 1 N–H and O–H groups in total. The Morgan fingerprint density at radius 1 is 1.24 bits per heavy atom. The van der Waals surface area contributed by atoms with E-state index in [9.17, 15) is 4.79 Å². The van der Waals surface area contributed by atoms with Crippen molar-refractivity contribution in [3.05, 3.63) is 64.7 Å². The smallest absolute Gasteiger partial charge is 0.410 e. The van der Waals surface area contributed by atoms with Crippen molar-refractivity contribution in [2.75, 3.05) is 18.4 Å². The number of anilines is 1. The summed E-state index contributed by atoms with van der Waals surface area (Å²) < 4.78 is 5.52. The Kier molecular flexibility index (Phi) is 4.12. The lowest BCUT2D eigenvalue weighted by molar-refractivity contribution is 0.0850. The number of benzene rings is 2. The van der Waals surface area contributed by atoms with Gasteiger partial charge in [-0.25, -0.2) is 4.79 Å². The number of hydrogen-bond donors (Lipinski definition) is 1. The van der Waals surface area contributed by atoms with Gasteiger partial charge in [-0.1, -0.05) is 48.0 Å². The Bertz CT molecular complexity index is 788. The summed E-state index contributed by atoms with van der Waals surface area (Å²) in [6.45, 7) is 6.09. The number of carbonyl (C=O) groups excluding carboxylic acids is 1. The van der Waals surface area contributed by atoms with Crippen molar-refractivity contribution in [1.29, 1.82) is 0 Å². The molecule has 0 unspecified atom stereocenters. The second kappa shape index (κ2) is 6.43. The number of rotatable bonds is 2. The minimum Gasteiger partial charge on any atom is -0.445 e. The molecule has 2 aromatic rings. The van der Waals surface area contributed by atoms with Crippen LogP contribution in [-0.2, 0) is 11.3 Å². The first-order valence-corrected chi connectivity index (χ1v) is 8.95. The first-order chi connectivity index (χ1) is 12.1. The maximum atomic E-state index is 12.5. The van der Waals surface area contributed by atoms with Gasteiger partial charge in [-0.05, 0) is 37.0 Å². The second-order valence-corrected chi connectivity index (χ2v) is 7.18. The van der Waals surface area contributed by atoms with E-state index in [0.29, 0.717) is 18.6 Å². The standard InChI is InChI=1S/C21H24N2O2/c1-14-10-15(2)20-17(11-14)18-12-23(9-8-19(18)22-20)21(24)25-13-16-6-4-3-5-7-16/h3-7,10-11,18-19,22H,8-9,12-13H2,1-2H3/t18-,19-/m0/s1. The average molecular weight is 336 g/mol. The van der Waals surface area contributed by atoms with Gasteiger partial charge in [0.1, 0.15) is 6.61 Å². The van der Waals surface area contributed by atoms with Crippen molar-refractivity contribution < 1.29 is 9.53 Å². The van der Waals surface area contributed by atoms with E-state index in [0.717, 1.165) is 25.1 Å². The van der Waals surface area contributed by atoms with Gasteiger partial charge in [-0.2, -0.15) is 0 Å². The Morgan fingerprint density at radius 3 is 2.84 bits per heavy atom. The quantitative estimate of drug-likeness (QED) is 0.892. The minimum absolute atomic E-state index is 0.208. The van der Waals surface area contributed by atoms with Gasteiger partial charge in [0.2, 0.25) is 0 Å². The molecule has 2 atom stereocenters. The van der Waals surface area contributed by atoms with E-state index < -0.39 is 0 Å². The van der Waals surface area contributed by atoms with Crippen molar-refractivity contribution in [3.63, 3.8) is 0 Å². The molecule has 0 bridgehead atoms. The molecule has 1 amide bonds. The van der Waals surface area contributed by atoms with Gasteiger partial charge in [0.25, 0.3) is 0 Å². The third-order valence-corrected chi connectivity index (χ3v) is 5.32. The average Bonchev–Trinajstić information content (AvgIpc) is 2.99. The van der Waals surface area contributed by atoms with E-state index in [-0.39, 0.29) is 6.09 Å². The molecule has 2 aliphatic rings. The summed E-state index contributed by atoms with van der Waals surface area (Å²) in [5.74, 6) is 0.353. The van der Waals surface area contributed by atoms with Gasteiger partial charge in [-0.15, -0.1) is 0 Å². The summed E-state index contributed by atoms with van der Waals surface area (Å²) in [5.41, 5.74) is 6.21. The van der Waals surface area contributed by atoms with Crippen LogP contribution in [0.2, 0.25) is 0 Å². The molecule has 4 rings (SSSR count). The first-order valence-electron chi connectivity index (χ1n) is 8.95. The number of piperidine rings is 1. The Hall–Kier alpha value is -2.49. The van der Waals surface area contributed by atoms with Crippen molar-refractivity contribution in [2.45, 2.75) is 38.8 Å². The molecule has 2 aliphatic heterocycles.